The summed E-state index contributed by atoms with van der Waals surface area (Å²) in [5.74, 6) is -1.11. The fourth-order valence-electron chi connectivity index (χ4n) is 3.12. The summed E-state index contributed by atoms with van der Waals surface area (Å²) in [6.07, 6.45) is 0.398. The lowest BCUT2D eigenvalue weighted by atomic mass is 10.1. The molecule has 0 bridgehead atoms. The summed E-state index contributed by atoms with van der Waals surface area (Å²) in [6.45, 7) is 0.440. The van der Waals surface area contributed by atoms with Gasteiger partial charge in [-0.2, -0.15) is 0 Å². The fourth-order valence-corrected chi connectivity index (χ4v) is 3.12. The highest BCUT2D eigenvalue weighted by atomic mass is 16.4. The van der Waals surface area contributed by atoms with Crippen molar-refractivity contribution in [2.75, 3.05) is 13.1 Å². The first-order valence-electron chi connectivity index (χ1n) is 9.65. The molecule has 2 amide bonds. The normalized spacial score (nSPS) is 10.8. The van der Waals surface area contributed by atoms with E-state index in [1.54, 1.807) is 48.5 Å². The standard InChI is InChI=1S/C23H18N2O6/c26-20(16-12-14-6-1-3-8-18(14)30-22(16)28)24-10-5-11-25-21(27)17-13-15-7-2-4-9-19(15)31-23(17)29/h1-4,6-9,12-13H,5,10-11H2,(H,24,26)(H,25,27). The van der Waals surface area contributed by atoms with Crippen molar-refractivity contribution in [3.05, 3.63) is 92.6 Å². The third kappa shape index (κ3) is 4.37. The van der Waals surface area contributed by atoms with Crippen LogP contribution in [-0.4, -0.2) is 24.9 Å². The zero-order chi connectivity index (χ0) is 21.8. The summed E-state index contributed by atoms with van der Waals surface area (Å²) < 4.78 is 10.3. The lowest BCUT2D eigenvalue weighted by molar-refractivity contribution is 0.0948. The molecule has 2 aromatic heterocycles. The van der Waals surface area contributed by atoms with E-state index >= 15 is 0 Å². The highest BCUT2D eigenvalue weighted by molar-refractivity contribution is 5.97. The number of hydrogen-bond donors (Lipinski definition) is 2. The quantitative estimate of drug-likeness (QED) is 0.367. The second-order valence-corrected chi connectivity index (χ2v) is 6.84. The molecule has 0 saturated heterocycles. The first-order valence-corrected chi connectivity index (χ1v) is 9.65. The number of carbonyl (C=O) groups excluding carboxylic acids is 2. The van der Waals surface area contributed by atoms with Crippen molar-refractivity contribution < 1.29 is 18.4 Å². The molecule has 8 heteroatoms. The van der Waals surface area contributed by atoms with Gasteiger partial charge in [0.15, 0.2) is 0 Å². The first-order chi connectivity index (χ1) is 15.0. The number of rotatable bonds is 6. The molecule has 2 N–H and O–H groups in total. The molecule has 0 atom stereocenters. The molecule has 4 rings (SSSR count). The maximum atomic E-state index is 12.3. The first kappa shape index (κ1) is 20.1. The number of amides is 2. The van der Waals surface area contributed by atoms with Crippen molar-refractivity contribution in [3.63, 3.8) is 0 Å². The number of fused-ring (bicyclic) bond motifs is 2. The minimum absolute atomic E-state index is 0.0866. The Morgan fingerprint density at radius 3 is 1.55 bits per heavy atom. The molecule has 0 aliphatic heterocycles. The van der Waals surface area contributed by atoms with Gasteiger partial charge >= 0.3 is 11.3 Å². The molecule has 156 valence electrons. The maximum absolute atomic E-state index is 12.3. The van der Waals surface area contributed by atoms with E-state index in [0.29, 0.717) is 28.4 Å². The molecular weight excluding hydrogens is 400 g/mol. The summed E-state index contributed by atoms with van der Waals surface area (Å²) in [4.78, 5) is 48.6. The largest absolute Gasteiger partial charge is 0.422 e. The van der Waals surface area contributed by atoms with Crippen molar-refractivity contribution >= 4 is 33.8 Å². The Hall–Kier alpha value is -4.20. The van der Waals surface area contributed by atoms with Crippen molar-refractivity contribution in [2.45, 2.75) is 6.42 Å². The Kier molecular flexibility index (Phi) is 5.61. The van der Waals surface area contributed by atoms with E-state index in [0.717, 1.165) is 0 Å². The van der Waals surface area contributed by atoms with E-state index in [1.807, 2.05) is 0 Å². The van der Waals surface area contributed by atoms with Crippen LogP contribution in [0.25, 0.3) is 21.9 Å². The summed E-state index contributed by atoms with van der Waals surface area (Å²) in [5, 5.41) is 6.54. The Balaban J connectivity index is 1.31. The number of para-hydroxylation sites is 2. The van der Waals surface area contributed by atoms with E-state index in [4.69, 9.17) is 8.83 Å². The van der Waals surface area contributed by atoms with Crippen molar-refractivity contribution in [1.29, 1.82) is 0 Å². The van der Waals surface area contributed by atoms with Gasteiger partial charge in [-0.3, -0.25) is 9.59 Å². The van der Waals surface area contributed by atoms with Crippen LogP contribution in [0.15, 0.2) is 79.1 Å². The third-order valence-corrected chi connectivity index (χ3v) is 4.70. The molecule has 4 aromatic rings. The zero-order valence-electron chi connectivity index (χ0n) is 16.3. The molecular formula is C23H18N2O6. The number of hydrogen-bond acceptors (Lipinski definition) is 6. The van der Waals surface area contributed by atoms with E-state index < -0.39 is 23.1 Å². The van der Waals surface area contributed by atoms with Crippen LogP contribution >= 0.6 is 0 Å². The van der Waals surface area contributed by atoms with Gasteiger partial charge in [-0.25, -0.2) is 9.59 Å². The van der Waals surface area contributed by atoms with Crippen molar-refractivity contribution in [2.24, 2.45) is 0 Å². The maximum Gasteiger partial charge on any atom is 0.349 e. The zero-order valence-corrected chi connectivity index (χ0v) is 16.3. The van der Waals surface area contributed by atoms with Crippen LogP contribution < -0.4 is 21.9 Å². The van der Waals surface area contributed by atoms with Crippen molar-refractivity contribution in [1.82, 2.24) is 10.6 Å². The van der Waals surface area contributed by atoms with Crippen LogP contribution in [0.5, 0.6) is 0 Å². The molecule has 31 heavy (non-hydrogen) atoms. The average molecular weight is 418 g/mol. The highest BCUT2D eigenvalue weighted by Gasteiger charge is 2.14. The van der Waals surface area contributed by atoms with Crippen molar-refractivity contribution in [3.8, 4) is 0 Å². The van der Waals surface area contributed by atoms with Gasteiger partial charge in [0.2, 0.25) is 0 Å². The Morgan fingerprint density at radius 1 is 0.677 bits per heavy atom. The van der Waals surface area contributed by atoms with Crippen LogP contribution in [0, 0.1) is 0 Å². The summed E-state index contributed by atoms with van der Waals surface area (Å²) in [6, 6.07) is 16.8. The molecule has 2 aromatic carbocycles. The molecule has 0 fully saturated rings. The van der Waals surface area contributed by atoms with E-state index in [1.165, 1.54) is 12.1 Å². The highest BCUT2D eigenvalue weighted by Crippen LogP contribution is 2.13. The van der Waals surface area contributed by atoms with Crippen LogP contribution in [0.3, 0.4) is 0 Å². The molecule has 0 spiro atoms. The predicted octanol–water partition coefficient (Wildman–Crippen LogP) is 2.45. The SMILES string of the molecule is O=C(NCCCNC(=O)c1cc2ccccc2oc1=O)c1cc2ccccc2oc1=O. The van der Waals surface area contributed by atoms with Crippen LogP contribution in [0.1, 0.15) is 27.1 Å². The van der Waals surface area contributed by atoms with E-state index in [-0.39, 0.29) is 24.2 Å². The lowest BCUT2D eigenvalue weighted by Gasteiger charge is -2.07. The van der Waals surface area contributed by atoms with Crippen LogP contribution in [0.4, 0.5) is 0 Å². The molecule has 0 aliphatic rings. The smallest absolute Gasteiger partial charge is 0.349 e. The summed E-state index contributed by atoms with van der Waals surface area (Å²) >= 11 is 0. The van der Waals surface area contributed by atoms with Crippen LogP contribution in [0.2, 0.25) is 0 Å². The number of nitrogens with one attached hydrogen (secondary N) is 2. The number of carbonyl (C=O) groups is 2. The second-order valence-electron chi connectivity index (χ2n) is 6.84. The molecule has 0 unspecified atom stereocenters. The van der Waals surface area contributed by atoms with Crippen LogP contribution in [-0.2, 0) is 0 Å². The molecule has 0 saturated carbocycles. The second kappa shape index (κ2) is 8.66. The Morgan fingerprint density at radius 2 is 1.10 bits per heavy atom. The molecule has 0 aliphatic carbocycles. The minimum Gasteiger partial charge on any atom is -0.422 e. The topological polar surface area (TPSA) is 119 Å². The predicted molar refractivity (Wildman–Crippen MR) is 114 cm³/mol. The van der Waals surface area contributed by atoms with E-state index in [9.17, 15) is 19.2 Å². The third-order valence-electron chi connectivity index (χ3n) is 4.70. The van der Waals surface area contributed by atoms with Gasteiger partial charge in [0.05, 0.1) is 0 Å². The Bertz CT molecular complexity index is 1300. The number of benzene rings is 2. The molecule has 8 nitrogen and oxygen atoms in total. The molecule has 0 radical (unpaired) electrons. The van der Waals surface area contributed by atoms with Gasteiger partial charge in [0.1, 0.15) is 22.3 Å². The fraction of sp³-hybridized carbons (Fsp3) is 0.130. The van der Waals surface area contributed by atoms with Gasteiger partial charge in [0.25, 0.3) is 11.8 Å². The average Bonchev–Trinajstić information content (AvgIpc) is 2.77. The summed E-state index contributed by atoms with van der Waals surface area (Å²) in [7, 11) is 0. The lowest BCUT2D eigenvalue weighted by Crippen LogP contribution is -2.33. The monoisotopic (exact) mass is 418 g/mol. The Labute approximate surface area is 175 Å². The van der Waals surface area contributed by atoms with E-state index in [2.05, 4.69) is 10.6 Å². The van der Waals surface area contributed by atoms with Gasteiger partial charge in [-0.1, -0.05) is 36.4 Å². The van der Waals surface area contributed by atoms with Gasteiger partial charge < -0.3 is 19.5 Å². The summed E-state index contributed by atoms with van der Waals surface area (Å²) in [5.41, 5.74) is -0.789. The molecule has 2 heterocycles. The van der Waals surface area contributed by atoms with Gasteiger partial charge in [-0.15, -0.1) is 0 Å². The minimum atomic E-state index is -0.715. The van der Waals surface area contributed by atoms with Gasteiger partial charge in [0, 0.05) is 23.9 Å². The van der Waals surface area contributed by atoms with Gasteiger partial charge in [-0.05, 0) is 30.7 Å².